The number of likely N-dealkylation sites (N-methyl/N-ethyl adjacent to an activating group) is 2. The minimum atomic E-state index is -3.47. The summed E-state index contributed by atoms with van der Waals surface area (Å²) in [6.07, 6.45) is 0. The average Bonchev–Trinajstić information content (AvgIpc) is 2.89. The van der Waals surface area contributed by atoms with E-state index in [1.807, 2.05) is 36.5 Å². The Morgan fingerprint density at radius 2 is 2.10 bits per heavy atom. The lowest BCUT2D eigenvalue weighted by atomic mass is 10.2. The third-order valence-corrected chi connectivity index (χ3v) is 5.48. The van der Waals surface area contributed by atoms with Gasteiger partial charge >= 0.3 is 0 Å². The van der Waals surface area contributed by atoms with Gasteiger partial charge in [0.1, 0.15) is 0 Å². The fourth-order valence-electron chi connectivity index (χ4n) is 1.65. The molecule has 20 heavy (non-hydrogen) atoms. The Bertz CT molecular complexity index is 474. The van der Waals surface area contributed by atoms with Crippen LogP contribution in [0.25, 0.3) is 0 Å². The molecule has 1 aromatic rings. The Hall–Kier alpha value is -0.510. The first-order valence-electron chi connectivity index (χ1n) is 6.28. The van der Waals surface area contributed by atoms with E-state index in [9.17, 15) is 8.42 Å². The van der Waals surface area contributed by atoms with Gasteiger partial charge in [0.15, 0.2) is 0 Å². The van der Waals surface area contributed by atoms with Gasteiger partial charge in [0.2, 0.25) is 0 Å². The molecule has 0 unspecified atom stereocenters. The lowest BCUT2D eigenvalue weighted by Crippen LogP contribution is -2.43. The highest BCUT2D eigenvalue weighted by molar-refractivity contribution is 7.87. The molecule has 1 rings (SSSR count). The molecule has 0 spiro atoms. The van der Waals surface area contributed by atoms with Crippen molar-refractivity contribution in [1.82, 2.24) is 13.9 Å². The van der Waals surface area contributed by atoms with Crippen molar-refractivity contribution in [3.05, 3.63) is 22.4 Å². The van der Waals surface area contributed by atoms with Gasteiger partial charge in [-0.2, -0.15) is 12.7 Å². The van der Waals surface area contributed by atoms with Crippen molar-refractivity contribution >= 4 is 21.5 Å². The number of rotatable bonds is 9. The van der Waals surface area contributed by atoms with Crippen molar-refractivity contribution in [2.45, 2.75) is 6.04 Å². The van der Waals surface area contributed by atoms with Crippen molar-refractivity contribution in [1.29, 1.82) is 0 Å². The third-order valence-electron chi connectivity index (χ3n) is 2.97. The standard InChI is InChI=1S/C12H23N3O3S2/c1-14(2)11(12-6-5-9-19-12)10-13-20(16,17)15(3)7-8-18-4/h5-6,9,11,13H,7-8,10H2,1-4H3/t11-/m0/s1. The van der Waals surface area contributed by atoms with Crippen LogP contribution in [0.4, 0.5) is 0 Å². The van der Waals surface area contributed by atoms with Crippen molar-refractivity contribution < 1.29 is 13.2 Å². The van der Waals surface area contributed by atoms with Gasteiger partial charge < -0.3 is 9.64 Å². The molecule has 6 nitrogen and oxygen atoms in total. The van der Waals surface area contributed by atoms with E-state index in [1.165, 1.54) is 11.4 Å². The average molecular weight is 321 g/mol. The molecular formula is C12H23N3O3S2. The summed E-state index contributed by atoms with van der Waals surface area (Å²) in [5.74, 6) is 0. The summed E-state index contributed by atoms with van der Waals surface area (Å²) in [6.45, 7) is 1.05. The Kier molecular flexibility index (Phi) is 7.07. The maximum atomic E-state index is 12.1. The molecule has 8 heteroatoms. The van der Waals surface area contributed by atoms with Crippen LogP contribution in [0.2, 0.25) is 0 Å². The molecule has 0 aromatic carbocycles. The van der Waals surface area contributed by atoms with Crippen LogP contribution in [-0.2, 0) is 14.9 Å². The van der Waals surface area contributed by atoms with Crippen LogP contribution in [0.15, 0.2) is 17.5 Å². The van der Waals surface area contributed by atoms with Crippen LogP contribution in [0.3, 0.4) is 0 Å². The molecule has 0 saturated heterocycles. The summed E-state index contributed by atoms with van der Waals surface area (Å²) in [5.41, 5.74) is 0. The van der Waals surface area contributed by atoms with E-state index in [2.05, 4.69) is 4.72 Å². The lowest BCUT2D eigenvalue weighted by molar-refractivity contribution is 0.184. The first-order chi connectivity index (χ1) is 9.38. The Balaban J connectivity index is 2.63. The van der Waals surface area contributed by atoms with Crippen LogP contribution in [-0.4, -0.2) is 65.6 Å². The summed E-state index contributed by atoms with van der Waals surface area (Å²) >= 11 is 1.62. The first kappa shape index (κ1) is 17.5. The molecule has 0 amide bonds. The molecular weight excluding hydrogens is 298 g/mol. The second-order valence-corrected chi connectivity index (χ2v) is 7.50. The molecule has 1 heterocycles. The summed E-state index contributed by atoms with van der Waals surface area (Å²) in [4.78, 5) is 3.14. The van der Waals surface area contributed by atoms with Gasteiger partial charge in [-0.25, -0.2) is 4.72 Å². The van der Waals surface area contributed by atoms with Gasteiger partial charge in [-0.05, 0) is 25.5 Å². The van der Waals surface area contributed by atoms with Crippen LogP contribution >= 0.6 is 11.3 Å². The highest BCUT2D eigenvalue weighted by Crippen LogP contribution is 2.22. The first-order valence-corrected chi connectivity index (χ1v) is 8.60. The van der Waals surface area contributed by atoms with E-state index < -0.39 is 10.2 Å². The Morgan fingerprint density at radius 1 is 1.40 bits per heavy atom. The topological polar surface area (TPSA) is 61.9 Å². The molecule has 1 atom stereocenters. The molecule has 0 radical (unpaired) electrons. The fraction of sp³-hybridized carbons (Fsp3) is 0.667. The third kappa shape index (κ3) is 5.12. The number of hydrogen-bond acceptors (Lipinski definition) is 5. The number of nitrogens with zero attached hydrogens (tertiary/aromatic N) is 2. The Morgan fingerprint density at radius 3 is 2.60 bits per heavy atom. The van der Waals surface area contributed by atoms with Gasteiger partial charge in [0, 0.05) is 32.1 Å². The van der Waals surface area contributed by atoms with Gasteiger partial charge in [-0.15, -0.1) is 11.3 Å². The van der Waals surface area contributed by atoms with E-state index in [0.29, 0.717) is 19.7 Å². The molecule has 116 valence electrons. The number of nitrogens with one attached hydrogen (secondary N) is 1. The predicted octanol–water partition coefficient (Wildman–Crippen LogP) is 0.763. The van der Waals surface area contributed by atoms with Crippen molar-refractivity contribution in [2.24, 2.45) is 0 Å². The second kappa shape index (κ2) is 8.06. The maximum Gasteiger partial charge on any atom is 0.279 e. The minimum absolute atomic E-state index is 0.0283. The molecule has 0 aliphatic heterocycles. The lowest BCUT2D eigenvalue weighted by Gasteiger charge is -2.25. The highest BCUT2D eigenvalue weighted by Gasteiger charge is 2.21. The summed E-state index contributed by atoms with van der Waals surface area (Å²) in [6, 6.07) is 4.01. The SMILES string of the molecule is COCCN(C)S(=O)(=O)NC[C@@H](c1cccs1)N(C)C. The molecule has 0 aliphatic rings. The zero-order valence-corrected chi connectivity index (χ0v) is 14.0. The second-order valence-electron chi connectivity index (χ2n) is 4.66. The number of methoxy groups -OCH3 is 1. The largest absolute Gasteiger partial charge is 0.383 e. The van der Waals surface area contributed by atoms with E-state index in [1.54, 1.807) is 18.4 Å². The summed E-state index contributed by atoms with van der Waals surface area (Å²) in [7, 11) is 3.49. The summed E-state index contributed by atoms with van der Waals surface area (Å²) in [5, 5.41) is 1.99. The van der Waals surface area contributed by atoms with Gasteiger partial charge in [0.05, 0.1) is 12.6 Å². The Labute approximate surface area is 125 Å². The minimum Gasteiger partial charge on any atom is -0.383 e. The van der Waals surface area contributed by atoms with Crippen LogP contribution in [0.5, 0.6) is 0 Å². The van der Waals surface area contributed by atoms with E-state index in [-0.39, 0.29) is 6.04 Å². The molecule has 0 saturated carbocycles. The monoisotopic (exact) mass is 321 g/mol. The van der Waals surface area contributed by atoms with E-state index >= 15 is 0 Å². The highest BCUT2D eigenvalue weighted by atomic mass is 32.2. The van der Waals surface area contributed by atoms with Gasteiger partial charge in [0.25, 0.3) is 10.2 Å². The number of thiophene rings is 1. The molecule has 1 N–H and O–H groups in total. The number of hydrogen-bond donors (Lipinski definition) is 1. The maximum absolute atomic E-state index is 12.1. The smallest absolute Gasteiger partial charge is 0.279 e. The normalized spacial score (nSPS) is 14.1. The van der Waals surface area contributed by atoms with Crippen LogP contribution < -0.4 is 4.72 Å². The van der Waals surface area contributed by atoms with Gasteiger partial charge in [-0.1, -0.05) is 6.07 Å². The van der Waals surface area contributed by atoms with Crippen molar-refractivity contribution in [3.63, 3.8) is 0 Å². The van der Waals surface area contributed by atoms with E-state index in [0.717, 1.165) is 4.88 Å². The van der Waals surface area contributed by atoms with Crippen molar-refractivity contribution in [3.8, 4) is 0 Å². The molecule has 0 aliphatic carbocycles. The van der Waals surface area contributed by atoms with Crippen LogP contribution in [0.1, 0.15) is 10.9 Å². The zero-order chi connectivity index (χ0) is 15.2. The molecule has 0 fully saturated rings. The molecule has 0 bridgehead atoms. The molecule has 1 aromatic heterocycles. The fourth-order valence-corrected chi connectivity index (χ4v) is 3.48. The number of ether oxygens (including phenoxy) is 1. The van der Waals surface area contributed by atoms with Crippen molar-refractivity contribution in [2.75, 3.05) is 47.9 Å². The zero-order valence-electron chi connectivity index (χ0n) is 12.4. The van der Waals surface area contributed by atoms with Crippen LogP contribution in [0, 0.1) is 0 Å². The van der Waals surface area contributed by atoms with Gasteiger partial charge in [-0.3, -0.25) is 0 Å². The predicted molar refractivity (Wildman–Crippen MR) is 82.2 cm³/mol. The van der Waals surface area contributed by atoms with E-state index in [4.69, 9.17) is 4.74 Å². The summed E-state index contributed by atoms with van der Waals surface area (Å²) < 4.78 is 33.0. The quantitative estimate of drug-likeness (QED) is 0.729.